The van der Waals surface area contributed by atoms with Gasteiger partial charge in [0.1, 0.15) is 11.9 Å². The van der Waals surface area contributed by atoms with Crippen LogP contribution in [0.15, 0.2) is 35.1 Å². The number of rotatable bonds is 3. The van der Waals surface area contributed by atoms with Crippen molar-refractivity contribution in [1.29, 1.82) is 0 Å². The Balaban J connectivity index is 1.67. The van der Waals surface area contributed by atoms with Crippen LogP contribution in [0, 0.1) is 12.7 Å². The first-order valence-electron chi connectivity index (χ1n) is 8.42. The third kappa shape index (κ3) is 3.72. The topological polar surface area (TPSA) is 58.4 Å². The third-order valence-electron chi connectivity index (χ3n) is 4.54. The molecule has 1 aliphatic heterocycles. The van der Waals surface area contributed by atoms with Crippen molar-refractivity contribution in [2.24, 2.45) is 0 Å². The van der Waals surface area contributed by atoms with Gasteiger partial charge in [-0.3, -0.25) is 9.59 Å². The molecule has 6 nitrogen and oxygen atoms in total. The van der Waals surface area contributed by atoms with E-state index in [4.69, 9.17) is 11.6 Å². The first-order valence-corrected chi connectivity index (χ1v) is 8.80. The van der Waals surface area contributed by atoms with Crippen LogP contribution in [0.1, 0.15) is 18.7 Å². The molecule has 3 rings (SSSR count). The van der Waals surface area contributed by atoms with Crippen LogP contribution in [-0.2, 0) is 4.79 Å². The molecule has 1 atom stereocenters. The normalized spacial score (nSPS) is 15.8. The van der Waals surface area contributed by atoms with Gasteiger partial charge in [-0.15, -0.1) is 0 Å². The van der Waals surface area contributed by atoms with Crippen LogP contribution >= 0.6 is 11.6 Å². The van der Waals surface area contributed by atoms with Crippen molar-refractivity contribution in [2.75, 3.05) is 31.1 Å². The molecular weight excluding hydrogens is 359 g/mol. The molecule has 1 aliphatic rings. The van der Waals surface area contributed by atoms with Crippen molar-refractivity contribution < 1.29 is 9.18 Å². The highest BCUT2D eigenvalue weighted by atomic mass is 35.5. The highest BCUT2D eigenvalue weighted by Gasteiger charge is 2.27. The Hall–Kier alpha value is -2.41. The van der Waals surface area contributed by atoms with E-state index in [-0.39, 0.29) is 16.5 Å². The maximum Gasteiger partial charge on any atom is 0.267 e. The quantitative estimate of drug-likeness (QED) is 0.822. The molecule has 1 aromatic carbocycles. The molecule has 26 heavy (non-hydrogen) atoms. The van der Waals surface area contributed by atoms with Gasteiger partial charge < -0.3 is 9.80 Å². The second-order valence-corrected chi connectivity index (χ2v) is 6.75. The lowest BCUT2D eigenvalue weighted by Gasteiger charge is -2.37. The summed E-state index contributed by atoms with van der Waals surface area (Å²) in [5, 5.41) is 4.25. The maximum absolute atomic E-state index is 13.3. The van der Waals surface area contributed by atoms with E-state index in [0.29, 0.717) is 31.9 Å². The Kier molecular flexibility index (Phi) is 5.27. The second-order valence-electron chi connectivity index (χ2n) is 6.34. The predicted octanol–water partition coefficient (Wildman–Crippen LogP) is 2.25. The van der Waals surface area contributed by atoms with Gasteiger partial charge in [0.05, 0.1) is 10.7 Å². The Bertz CT molecular complexity index is 878. The summed E-state index contributed by atoms with van der Waals surface area (Å²) in [5.41, 5.74) is 1.21. The minimum atomic E-state index is -0.658. The number of aryl methyl sites for hydroxylation is 1. The van der Waals surface area contributed by atoms with Crippen molar-refractivity contribution in [1.82, 2.24) is 14.7 Å². The number of benzene rings is 1. The van der Waals surface area contributed by atoms with Gasteiger partial charge in [-0.05, 0) is 38.1 Å². The van der Waals surface area contributed by atoms with Crippen molar-refractivity contribution >= 4 is 23.2 Å². The second kappa shape index (κ2) is 7.45. The fraction of sp³-hybridized carbons (Fsp3) is 0.389. The van der Waals surface area contributed by atoms with E-state index >= 15 is 0 Å². The van der Waals surface area contributed by atoms with Gasteiger partial charge in [0, 0.05) is 37.9 Å². The highest BCUT2D eigenvalue weighted by molar-refractivity contribution is 6.31. The zero-order valence-electron chi connectivity index (χ0n) is 14.7. The van der Waals surface area contributed by atoms with Crippen LogP contribution in [0.4, 0.5) is 10.1 Å². The molecule has 8 heteroatoms. The van der Waals surface area contributed by atoms with Gasteiger partial charge in [-0.1, -0.05) is 11.6 Å². The smallest absolute Gasteiger partial charge is 0.267 e. The predicted molar refractivity (Wildman–Crippen MR) is 98.1 cm³/mol. The molecule has 1 amide bonds. The molecule has 0 saturated carbocycles. The Morgan fingerprint density at radius 1 is 1.19 bits per heavy atom. The van der Waals surface area contributed by atoms with Crippen molar-refractivity contribution in [3.8, 4) is 0 Å². The number of nitrogens with zero attached hydrogens (tertiary/aromatic N) is 4. The molecule has 1 aromatic heterocycles. The fourth-order valence-electron chi connectivity index (χ4n) is 3.03. The van der Waals surface area contributed by atoms with Crippen molar-refractivity contribution in [2.45, 2.75) is 19.9 Å². The number of hydrogen-bond donors (Lipinski definition) is 0. The number of anilines is 1. The first kappa shape index (κ1) is 18.4. The van der Waals surface area contributed by atoms with E-state index in [1.165, 1.54) is 16.8 Å². The average Bonchev–Trinajstić information content (AvgIpc) is 2.65. The first-order chi connectivity index (χ1) is 12.4. The lowest BCUT2D eigenvalue weighted by Crippen LogP contribution is -2.51. The van der Waals surface area contributed by atoms with E-state index in [0.717, 1.165) is 5.69 Å². The van der Waals surface area contributed by atoms with Gasteiger partial charge >= 0.3 is 0 Å². The summed E-state index contributed by atoms with van der Waals surface area (Å²) in [7, 11) is 0. The number of carbonyl (C=O) groups is 1. The van der Waals surface area contributed by atoms with Gasteiger partial charge in [0.15, 0.2) is 0 Å². The zero-order chi connectivity index (χ0) is 18.8. The standard InChI is InChI=1S/C18H20ClFN4O2/c1-12-3-6-17(25)24(21-12)13(2)18(26)23-9-7-22(8-10-23)14-4-5-16(20)15(19)11-14/h3-6,11,13H,7-10H2,1-2H3. The number of carbonyl (C=O) groups excluding carboxylic acids is 1. The number of halogens is 2. The molecule has 0 N–H and O–H groups in total. The minimum absolute atomic E-state index is 0.0829. The van der Waals surface area contributed by atoms with Crippen molar-refractivity contribution in [3.05, 3.63) is 57.2 Å². The molecule has 2 aromatic rings. The molecule has 0 bridgehead atoms. The van der Waals surface area contributed by atoms with E-state index in [1.807, 2.05) is 0 Å². The van der Waals surface area contributed by atoms with Gasteiger partial charge in [0.25, 0.3) is 5.56 Å². The lowest BCUT2D eigenvalue weighted by molar-refractivity contribution is -0.135. The van der Waals surface area contributed by atoms with E-state index in [1.54, 1.807) is 36.9 Å². The van der Waals surface area contributed by atoms with Crippen LogP contribution in [0.3, 0.4) is 0 Å². The van der Waals surface area contributed by atoms with Gasteiger partial charge in [0.2, 0.25) is 5.91 Å². The lowest BCUT2D eigenvalue weighted by atomic mass is 10.2. The SMILES string of the molecule is Cc1ccc(=O)n(C(C)C(=O)N2CCN(c3ccc(F)c(Cl)c3)CC2)n1. The maximum atomic E-state index is 13.3. The molecule has 0 spiro atoms. The number of amides is 1. The molecule has 2 heterocycles. The van der Waals surface area contributed by atoms with E-state index in [9.17, 15) is 14.0 Å². The summed E-state index contributed by atoms with van der Waals surface area (Å²) in [6.45, 7) is 5.70. The van der Waals surface area contributed by atoms with Crippen LogP contribution in [0.5, 0.6) is 0 Å². The van der Waals surface area contributed by atoms with Crippen LogP contribution in [-0.4, -0.2) is 46.8 Å². The highest BCUT2D eigenvalue weighted by Crippen LogP contribution is 2.24. The third-order valence-corrected chi connectivity index (χ3v) is 4.83. The fourth-order valence-corrected chi connectivity index (χ4v) is 3.21. The Morgan fingerprint density at radius 3 is 2.54 bits per heavy atom. The summed E-state index contributed by atoms with van der Waals surface area (Å²) in [5.74, 6) is -0.587. The minimum Gasteiger partial charge on any atom is -0.368 e. The molecular formula is C18H20ClFN4O2. The van der Waals surface area contributed by atoms with Gasteiger partial charge in [-0.25, -0.2) is 9.07 Å². The molecule has 1 unspecified atom stereocenters. The Labute approximate surface area is 155 Å². The number of aromatic nitrogens is 2. The molecule has 0 radical (unpaired) electrons. The average molecular weight is 379 g/mol. The van der Waals surface area contributed by atoms with Crippen molar-refractivity contribution in [3.63, 3.8) is 0 Å². The Morgan fingerprint density at radius 2 is 1.88 bits per heavy atom. The van der Waals surface area contributed by atoms with Crippen LogP contribution in [0.25, 0.3) is 0 Å². The zero-order valence-corrected chi connectivity index (χ0v) is 15.4. The van der Waals surface area contributed by atoms with Gasteiger partial charge in [-0.2, -0.15) is 5.10 Å². The summed E-state index contributed by atoms with van der Waals surface area (Å²) >= 11 is 5.84. The van der Waals surface area contributed by atoms with Crippen LogP contribution < -0.4 is 10.5 Å². The molecule has 1 fully saturated rings. The summed E-state index contributed by atoms with van der Waals surface area (Å²) in [4.78, 5) is 28.5. The van der Waals surface area contributed by atoms with E-state index < -0.39 is 11.9 Å². The molecule has 138 valence electrons. The van der Waals surface area contributed by atoms with E-state index in [2.05, 4.69) is 10.00 Å². The summed E-state index contributed by atoms with van der Waals surface area (Å²) in [6.07, 6.45) is 0. The number of hydrogen-bond acceptors (Lipinski definition) is 4. The largest absolute Gasteiger partial charge is 0.368 e. The van der Waals surface area contributed by atoms with Crippen LogP contribution in [0.2, 0.25) is 5.02 Å². The molecule has 1 saturated heterocycles. The number of piperazine rings is 1. The summed E-state index contributed by atoms with van der Waals surface area (Å²) < 4.78 is 14.5. The summed E-state index contributed by atoms with van der Waals surface area (Å²) in [6, 6.07) is 7.00. The molecule has 0 aliphatic carbocycles. The monoisotopic (exact) mass is 378 g/mol.